The van der Waals surface area contributed by atoms with Crippen molar-refractivity contribution in [1.29, 1.82) is 0 Å². The summed E-state index contributed by atoms with van der Waals surface area (Å²) < 4.78 is 5.41. The van der Waals surface area contributed by atoms with Crippen LogP contribution in [0.15, 0.2) is 27.7 Å². The molecule has 2 rings (SSSR count). The number of rotatable bonds is 3. The quantitative estimate of drug-likeness (QED) is 0.877. The van der Waals surface area contributed by atoms with Crippen molar-refractivity contribution in [2.45, 2.75) is 18.2 Å². The van der Waals surface area contributed by atoms with E-state index in [1.54, 1.807) is 12.4 Å². The van der Waals surface area contributed by atoms with Gasteiger partial charge in [0.15, 0.2) is 5.43 Å². The maximum atomic E-state index is 11.5. The minimum absolute atomic E-state index is 0.0246. The average molecular weight is 284 g/mol. The fraction of sp³-hybridized carbons (Fsp3) is 0.300. The average Bonchev–Trinajstić information content (AvgIpc) is 2.78. The van der Waals surface area contributed by atoms with E-state index < -0.39 is 0 Å². The van der Waals surface area contributed by atoms with Gasteiger partial charge in [0, 0.05) is 18.5 Å². The number of halogens is 1. The summed E-state index contributed by atoms with van der Waals surface area (Å²) in [4.78, 5) is 14.3. The number of hydrogen-bond donors (Lipinski definition) is 1. The number of hydrogen-bond acceptors (Lipinski definition) is 4. The number of pyridine rings is 1. The van der Waals surface area contributed by atoms with Gasteiger partial charge in [-0.25, -0.2) is 0 Å². The lowest BCUT2D eigenvalue weighted by molar-refractivity contribution is 0.500. The van der Waals surface area contributed by atoms with Gasteiger partial charge in [0.2, 0.25) is 5.89 Å². The first-order valence-electron chi connectivity index (χ1n) is 4.87. The molecule has 16 heavy (non-hydrogen) atoms. The van der Waals surface area contributed by atoms with Crippen molar-refractivity contribution >= 4 is 15.9 Å². The SMILES string of the molecule is CCC(Br)c1nnc(-c2c[nH]ccc2=O)o1. The Morgan fingerprint density at radius 3 is 3.06 bits per heavy atom. The summed E-state index contributed by atoms with van der Waals surface area (Å²) in [6.07, 6.45) is 3.95. The van der Waals surface area contributed by atoms with Crippen molar-refractivity contribution in [2.24, 2.45) is 0 Å². The highest BCUT2D eigenvalue weighted by Gasteiger charge is 2.15. The second-order valence-corrected chi connectivity index (χ2v) is 4.35. The first-order chi connectivity index (χ1) is 7.72. The molecule has 0 saturated heterocycles. The van der Waals surface area contributed by atoms with E-state index in [2.05, 4.69) is 31.1 Å². The van der Waals surface area contributed by atoms with Crippen LogP contribution in [0.3, 0.4) is 0 Å². The lowest BCUT2D eigenvalue weighted by atomic mass is 10.3. The summed E-state index contributed by atoms with van der Waals surface area (Å²) in [5, 5.41) is 7.74. The zero-order valence-electron chi connectivity index (χ0n) is 8.61. The minimum Gasteiger partial charge on any atom is -0.419 e. The van der Waals surface area contributed by atoms with E-state index in [1.807, 2.05) is 6.92 Å². The van der Waals surface area contributed by atoms with Crippen LogP contribution in [0.5, 0.6) is 0 Å². The lowest BCUT2D eigenvalue weighted by Gasteiger charge is -1.97. The monoisotopic (exact) mass is 283 g/mol. The molecule has 1 atom stereocenters. The summed E-state index contributed by atoms with van der Waals surface area (Å²) in [6, 6.07) is 1.42. The maximum absolute atomic E-state index is 11.5. The first-order valence-corrected chi connectivity index (χ1v) is 5.79. The number of nitrogens with zero attached hydrogens (tertiary/aromatic N) is 2. The summed E-state index contributed by atoms with van der Waals surface area (Å²) in [7, 11) is 0. The molecule has 84 valence electrons. The molecular formula is C10H10BrN3O2. The molecule has 2 aromatic rings. The highest BCUT2D eigenvalue weighted by atomic mass is 79.9. The molecule has 6 heteroatoms. The van der Waals surface area contributed by atoms with Crippen molar-refractivity contribution in [3.63, 3.8) is 0 Å². The van der Waals surface area contributed by atoms with E-state index in [0.29, 0.717) is 11.5 Å². The largest absolute Gasteiger partial charge is 0.419 e. The molecule has 2 aromatic heterocycles. The Hall–Kier alpha value is -1.43. The predicted octanol–water partition coefficient (Wildman–Crippen LogP) is 2.27. The zero-order chi connectivity index (χ0) is 11.5. The van der Waals surface area contributed by atoms with Crippen molar-refractivity contribution in [1.82, 2.24) is 15.2 Å². The molecule has 0 aliphatic rings. The molecule has 1 N–H and O–H groups in total. The Morgan fingerprint density at radius 1 is 1.56 bits per heavy atom. The Labute approximate surface area is 100 Å². The molecule has 1 unspecified atom stereocenters. The summed E-state index contributed by atoms with van der Waals surface area (Å²) >= 11 is 3.41. The summed E-state index contributed by atoms with van der Waals surface area (Å²) in [6.45, 7) is 2.00. The van der Waals surface area contributed by atoms with Gasteiger partial charge in [-0.2, -0.15) is 0 Å². The molecule has 0 spiro atoms. The molecule has 0 saturated carbocycles. The first kappa shape index (κ1) is 11.1. The van der Waals surface area contributed by atoms with Gasteiger partial charge in [0.05, 0.1) is 4.83 Å². The van der Waals surface area contributed by atoms with Gasteiger partial charge in [0.25, 0.3) is 5.89 Å². The van der Waals surface area contributed by atoms with Crippen molar-refractivity contribution in [3.8, 4) is 11.5 Å². The molecule has 0 bridgehead atoms. The van der Waals surface area contributed by atoms with Gasteiger partial charge in [0.1, 0.15) is 5.56 Å². The van der Waals surface area contributed by atoms with E-state index in [-0.39, 0.29) is 16.1 Å². The van der Waals surface area contributed by atoms with E-state index in [9.17, 15) is 4.79 Å². The van der Waals surface area contributed by atoms with Crippen LogP contribution in [-0.2, 0) is 0 Å². The van der Waals surface area contributed by atoms with Crippen LogP contribution < -0.4 is 5.43 Å². The molecule has 0 amide bonds. The van der Waals surface area contributed by atoms with Crippen LogP contribution in [0.1, 0.15) is 24.1 Å². The molecule has 0 fully saturated rings. The third-order valence-electron chi connectivity index (χ3n) is 2.12. The highest BCUT2D eigenvalue weighted by molar-refractivity contribution is 9.09. The Bertz CT molecular complexity index is 535. The summed E-state index contributed by atoms with van der Waals surface area (Å²) in [5.74, 6) is 0.732. The van der Waals surface area contributed by atoms with Crippen LogP contribution in [-0.4, -0.2) is 15.2 Å². The summed E-state index contributed by atoms with van der Waals surface area (Å²) in [5.41, 5.74) is 0.244. The number of aromatic nitrogens is 3. The third-order valence-corrected chi connectivity index (χ3v) is 3.16. The van der Waals surface area contributed by atoms with Crippen molar-refractivity contribution in [2.75, 3.05) is 0 Å². The second-order valence-electron chi connectivity index (χ2n) is 3.24. The normalized spacial score (nSPS) is 12.6. The Kier molecular flexibility index (Phi) is 3.19. The van der Waals surface area contributed by atoms with Crippen LogP contribution in [0.25, 0.3) is 11.5 Å². The third kappa shape index (κ3) is 2.06. The Balaban J connectivity index is 2.39. The molecule has 0 aliphatic carbocycles. The lowest BCUT2D eigenvalue weighted by Crippen LogP contribution is -2.02. The zero-order valence-corrected chi connectivity index (χ0v) is 10.2. The fourth-order valence-electron chi connectivity index (χ4n) is 1.23. The van der Waals surface area contributed by atoms with E-state index in [4.69, 9.17) is 4.42 Å². The van der Waals surface area contributed by atoms with Gasteiger partial charge < -0.3 is 9.40 Å². The van der Waals surface area contributed by atoms with E-state index in [1.165, 1.54) is 6.07 Å². The van der Waals surface area contributed by atoms with Crippen molar-refractivity contribution in [3.05, 3.63) is 34.6 Å². The van der Waals surface area contributed by atoms with Crippen LogP contribution >= 0.6 is 15.9 Å². The molecule has 0 aromatic carbocycles. The van der Waals surface area contributed by atoms with Gasteiger partial charge in [-0.15, -0.1) is 10.2 Å². The number of alkyl halides is 1. The minimum atomic E-state index is -0.142. The van der Waals surface area contributed by atoms with E-state index >= 15 is 0 Å². The smallest absolute Gasteiger partial charge is 0.253 e. The number of aromatic amines is 1. The molecular weight excluding hydrogens is 274 g/mol. The van der Waals surface area contributed by atoms with Crippen LogP contribution in [0.4, 0.5) is 0 Å². The fourth-order valence-corrected chi connectivity index (χ4v) is 1.41. The number of H-pyrrole nitrogens is 1. The topological polar surface area (TPSA) is 71.8 Å². The molecule has 0 radical (unpaired) electrons. The van der Waals surface area contributed by atoms with Crippen LogP contribution in [0.2, 0.25) is 0 Å². The molecule has 0 aliphatic heterocycles. The number of nitrogens with one attached hydrogen (secondary N) is 1. The van der Waals surface area contributed by atoms with Gasteiger partial charge in [-0.05, 0) is 6.42 Å². The Morgan fingerprint density at radius 2 is 2.38 bits per heavy atom. The van der Waals surface area contributed by atoms with Gasteiger partial charge in [-0.1, -0.05) is 22.9 Å². The molecule has 5 nitrogen and oxygen atoms in total. The van der Waals surface area contributed by atoms with Crippen molar-refractivity contribution < 1.29 is 4.42 Å². The van der Waals surface area contributed by atoms with E-state index in [0.717, 1.165) is 6.42 Å². The van der Waals surface area contributed by atoms with Crippen LogP contribution in [0, 0.1) is 0 Å². The molecule has 2 heterocycles. The standard InChI is InChI=1S/C10H10BrN3O2/c1-2-7(11)10-14-13-9(16-10)6-5-12-4-3-8(6)15/h3-5,7H,2H2,1H3,(H,12,15). The van der Waals surface area contributed by atoms with Gasteiger partial charge in [-0.3, -0.25) is 4.79 Å². The maximum Gasteiger partial charge on any atom is 0.253 e. The predicted molar refractivity (Wildman–Crippen MR) is 62.3 cm³/mol. The second kappa shape index (κ2) is 4.61. The van der Waals surface area contributed by atoms with Gasteiger partial charge >= 0.3 is 0 Å². The highest BCUT2D eigenvalue weighted by Crippen LogP contribution is 2.26.